The lowest BCUT2D eigenvalue weighted by molar-refractivity contribution is -0.124. The van der Waals surface area contributed by atoms with Gasteiger partial charge in [0.25, 0.3) is 0 Å². The van der Waals surface area contributed by atoms with Crippen molar-refractivity contribution in [2.24, 2.45) is 34.5 Å². The molecular formula is C28H35IO3. The van der Waals surface area contributed by atoms with Gasteiger partial charge in [0.05, 0.1) is 5.56 Å². The molecular weight excluding hydrogens is 511 g/mol. The molecule has 0 aliphatic heterocycles. The van der Waals surface area contributed by atoms with Gasteiger partial charge in [-0.2, -0.15) is 0 Å². The van der Waals surface area contributed by atoms with Gasteiger partial charge < -0.3 is 4.74 Å². The summed E-state index contributed by atoms with van der Waals surface area (Å²) in [4.78, 5) is 25.1. The molecule has 32 heavy (non-hydrogen) atoms. The van der Waals surface area contributed by atoms with Crippen LogP contribution in [0.3, 0.4) is 0 Å². The fraction of sp³-hybridized carbons (Fsp3) is 0.643. The Morgan fingerprint density at radius 1 is 1.09 bits per heavy atom. The van der Waals surface area contributed by atoms with Crippen LogP contribution in [-0.4, -0.2) is 17.9 Å². The van der Waals surface area contributed by atoms with Crippen molar-refractivity contribution in [1.82, 2.24) is 0 Å². The number of hydrogen-bond acceptors (Lipinski definition) is 3. The minimum atomic E-state index is -0.181. The van der Waals surface area contributed by atoms with Crippen LogP contribution in [0.2, 0.25) is 0 Å². The average Bonchev–Trinajstić information content (AvgIpc) is 3.11. The van der Waals surface area contributed by atoms with E-state index in [0.29, 0.717) is 29.1 Å². The van der Waals surface area contributed by atoms with E-state index in [1.165, 1.54) is 19.3 Å². The van der Waals surface area contributed by atoms with Gasteiger partial charge in [-0.05, 0) is 128 Å². The molecule has 4 aliphatic carbocycles. The molecule has 1 aromatic rings. The molecule has 172 valence electrons. The second-order valence-corrected chi connectivity index (χ2v) is 12.6. The summed E-state index contributed by atoms with van der Waals surface area (Å²) < 4.78 is 7.05. The molecule has 0 bridgehead atoms. The summed E-state index contributed by atoms with van der Waals surface area (Å²) in [6, 6.07) is 7.66. The smallest absolute Gasteiger partial charge is 0.338 e. The van der Waals surface area contributed by atoms with Crippen molar-refractivity contribution in [2.75, 3.05) is 0 Å². The lowest BCUT2D eigenvalue weighted by Crippen LogP contribution is -2.49. The Hall–Kier alpha value is -1.17. The second-order valence-electron chi connectivity index (χ2n) is 11.3. The van der Waals surface area contributed by atoms with Crippen molar-refractivity contribution < 1.29 is 14.3 Å². The third-order valence-electron chi connectivity index (χ3n) is 9.80. The van der Waals surface area contributed by atoms with Crippen molar-refractivity contribution in [3.63, 3.8) is 0 Å². The van der Waals surface area contributed by atoms with Gasteiger partial charge in [0.2, 0.25) is 0 Å². The summed E-state index contributed by atoms with van der Waals surface area (Å²) in [6.45, 7) is 6.67. The molecule has 3 saturated carbocycles. The second kappa shape index (κ2) is 8.25. The zero-order valence-corrected chi connectivity index (χ0v) is 21.7. The molecule has 3 nitrogen and oxygen atoms in total. The summed E-state index contributed by atoms with van der Waals surface area (Å²) >= 11 is 2.24. The highest BCUT2D eigenvalue weighted by Gasteiger charge is 2.58. The number of carbonyl (C=O) groups is 2. The Morgan fingerprint density at radius 2 is 1.91 bits per heavy atom. The molecule has 0 spiro atoms. The molecule has 0 amide bonds. The number of carbonyl (C=O) groups excluding carboxylic acids is 2. The van der Waals surface area contributed by atoms with Gasteiger partial charge in [-0.15, -0.1) is 0 Å². The van der Waals surface area contributed by atoms with Crippen LogP contribution in [0.4, 0.5) is 0 Å². The van der Waals surface area contributed by atoms with E-state index < -0.39 is 0 Å². The maximum Gasteiger partial charge on any atom is 0.338 e. The van der Waals surface area contributed by atoms with Gasteiger partial charge in [-0.25, -0.2) is 4.79 Å². The van der Waals surface area contributed by atoms with E-state index >= 15 is 0 Å². The minimum absolute atomic E-state index is 0.0259. The predicted octanol–water partition coefficient (Wildman–Crippen LogP) is 6.98. The summed E-state index contributed by atoms with van der Waals surface area (Å²) in [6.07, 6.45) is 11.4. The zero-order chi connectivity index (χ0) is 22.7. The number of fused-ring (bicyclic) bond motifs is 5. The van der Waals surface area contributed by atoms with Gasteiger partial charge in [-0.1, -0.05) is 31.6 Å². The van der Waals surface area contributed by atoms with E-state index in [1.807, 2.05) is 24.3 Å². The first-order valence-electron chi connectivity index (χ1n) is 12.4. The SMILES string of the molecule is CC(=O)[C@H]1CC[C@H]2[C@@H]3CCC4CC(OC(=O)c5cccc(I)c5)CC[C@]4(C)C3=CC[C@]12C. The van der Waals surface area contributed by atoms with Crippen LogP contribution in [0.25, 0.3) is 0 Å². The summed E-state index contributed by atoms with van der Waals surface area (Å²) in [5.41, 5.74) is 2.72. The summed E-state index contributed by atoms with van der Waals surface area (Å²) in [5, 5.41) is 0. The first-order valence-corrected chi connectivity index (χ1v) is 13.5. The van der Waals surface area contributed by atoms with Crippen LogP contribution >= 0.6 is 22.6 Å². The molecule has 0 saturated heterocycles. The van der Waals surface area contributed by atoms with Gasteiger partial charge in [0, 0.05) is 9.49 Å². The largest absolute Gasteiger partial charge is 0.459 e. The Balaban J connectivity index is 1.31. The van der Waals surface area contributed by atoms with Crippen LogP contribution < -0.4 is 0 Å². The molecule has 0 radical (unpaired) electrons. The number of ketones is 1. The molecule has 0 N–H and O–H groups in total. The monoisotopic (exact) mass is 546 g/mol. The fourth-order valence-electron chi connectivity index (χ4n) is 8.10. The van der Waals surface area contributed by atoms with Crippen molar-refractivity contribution >= 4 is 34.3 Å². The molecule has 0 aromatic heterocycles. The third-order valence-corrected chi connectivity index (χ3v) is 10.5. The first-order chi connectivity index (χ1) is 15.2. The maximum absolute atomic E-state index is 12.7. The van der Waals surface area contributed by atoms with Crippen LogP contribution in [-0.2, 0) is 9.53 Å². The number of hydrogen-bond donors (Lipinski definition) is 0. The van der Waals surface area contributed by atoms with Crippen LogP contribution in [0.15, 0.2) is 35.9 Å². The standard InChI is InChI=1S/C28H35IO3/c1-17(30)23-9-10-24-22-8-7-19-16-21(32-26(31)18-5-4-6-20(29)15-18)11-13-27(19,2)25(22)12-14-28(23,24)3/h4-6,12,15,19,21-24H,7-11,13-14,16H2,1-3H3/t19?,21?,22-,23+,24-,27-,28+/m0/s1. The quantitative estimate of drug-likeness (QED) is 0.233. The Morgan fingerprint density at radius 3 is 2.66 bits per heavy atom. The predicted molar refractivity (Wildman–Crippen MR) is 134 cm³/mol. The van der Waals surface area contributed by atoms with Crippen molar-refractivity contribution in [1.29, 1.82) is 0 Å². The van der Waals surface area contributed by atoms with E-state index in [2.05, 4.69) is 42.5 Å². The van der Waals surface area contributed by atoms with Gasteiger partial charge in [0.1, 0.15) is 11.9 Å². The Labute approximate surface area is 205 Å². The van der Waals surface area contributed by atoms with E-state index in [1.54, 1.807) is 12.5 Å². The Kier molecular flexibility index (Phi) is 5.83. The van der Waals surface area contributed by atoms with E-state index in [9.17, 15) is 9.59 Å². The lowest BCUT2D eigenvalue weighted by atomic mass is 9.48. The normalized spacial score (nSPS) is 40.5. The molecule has 4 aliphatic rings. The molecule has 1 aromatic carbocycles. The Bertz CT molecular complexity index is 967. The van der Waals surface area contributed by atoms with Crippen molar-refractivity contribution in [2.45, 2.75) is 78.2 Å². The number of esters is 1. The third kappa shape index (κ3) is 3.59. The highest BCUT2D eigenvalue weighted by atomic mass is 127. The topological polar surface area (TPSA) is 43.4 Å². The van der Waals surface area contributed by atoms with E-state index in [4.69, 9.17) is 4.74 Å². The summed E-state index contributed by atoms with van der Waals surface area (Å²) in [7, 11) is 0. The molecule has 4 heteroatoms. The fourth-order valence-corrected chi connectivity index (χ4v) is 8.64. The number of rotatable bonds is 3. The van der Waals surface area contributed by atoms with Crippen LogP contribution in [0.1, 0.15) is 82.5 Å². The molecule has 0 heterocycles. The highest BCUT2D eigenvalue weighted by Crippen LogP contribution is 2.65. The number of Topliss-reactive ketones (excluding diaryl/α,β-unsaturated/α-hetero) is 1. The number of benzene rings is 1. The van der Waals surface area contributed by atoms with Gasteiger partial charge in [0.15, 0.2) is 0 Å². The van der Waals surface area contributed by atoms with Crippen molar-refractivity contribution in [3.8, 4) is 0 Å². The average molecular weight is 546 g/mol. The molecule has 5 rings (SSSR count). The number of ether oxygens (including phenoxy) is 1. The molecule has 2 unspecified atom stereocenters. The van der Waals surface area contributed by atoms with Crippen molar-refractivity contribution in [3.05, 3.63) is 45.0 Å². The van der Waals surface area contributed by atoms with Crippen LogP contribution in [0.5, 0.6) is 0 Å². The highest BCUT2D eigenvalue weighted by molar-refractivity contribution is 14.1. The zero-order valence-electron chi connectivity index (χ0n) is 19.5. The molecule has 7 atom stereocenters. The first kappa shape index (κ1) is 22.6. The van der Waals surface area contributed by atoms with Gasteiger partial charge in [-0.3, -0.25) is 4.79 Å². The summed E-state index contributed by atoms with van der Waals surface area (Å²) in [5.74, 6) is 2.34. The number of halogens is 1. The minimum Gasteiger partial charge on any atom is -0.459 e. The molecule has 3 fully saturated rings. The maximum atomic E-state index is 12.7. The number of allylic oxidation sites excluding steroid dienone is 2. The van der Waals surface area contributed by atoms with E-state index in [0.717, 1.165) is 35.7 Å². The lowest BCUT2D eigenvalue weighted by Gasteiger charge is -2.56. The van der Waals surface area contributed by atoms with Gasteiger partial charge >= 0.3 is 5.97 Å². The van der Waals surface area contributed by atoms with E-state index in [-0.39, 0.29) is 28.8 Å². The van der Waals surface area contributed by atoms with Crippen LogP contribution in [0, 0.1) is 38.1 Å².